The van der Waals surface area contributed by atoms with Crippen LogP contribution in [0.3, 0.4) is 0 Å². The van der Waals surface area contributed by atoms with Gasteiger partial charge in [0.05, 0.1) is 41.7 Å². The molecule has 2 aromatic carbocycles. The molecule has 2 aromatic rings. The number of ether oxygens (including phenoxy) is 2. The van der Waals surface area contributed by atoms with Crippen molar-refractivity contribution in [3.8, 4) is 5.75 Å². The van der Waals surface area contributed by atoms with E-state index in [0.29, 0.717) is 67.6 Å². The number of morpholine rings is 1. The molecule has 0 bridgehead atoms. The highest BCUT2D eigenvalue weighted by molar-refractivity contribution is 7.89. The maximum absolute atomic E-state index is 14.9. The van der Waals surface area contributed by atoms with Gasteiger partial charge in [0.1, 0.15) is 12.4 Å². The molecule has 6 atom stereocenters. The van der Waals surface area contributed by atoms with Crippen molar-refractivity contribution in [2.45, 2.75) is 54.9 Å². The maximum atomic E-state index is 14.9. The topological polar surface area (TPSA) is 122 Å². The fourth-order valence-electron chi connectivity index (χ4n) is 7.91. The Balaban J connectivity index is 1.49. The van der Waals surface area contributed by atoms with Gasteiger partial charge in [-0.1, -0.05) is 29.8 Å². The number of sulfonamides is 1. The van der Waals surface area contributed by atoms with Crippen molar-refractivity contribution < 1.29 is 27.8 Å². The number of nitrogens with zero attached hydrogens (tertiary/aromatic N) is 2. The van der Waals surface area contributed by atoms with Crippen molar-refractivity contribution in [3.05, 3.63) is 83.4 Å². The molecule has 1 amide bonds. The van der Waals surface area contributed by atoms with Crippen LogP contribution in [0.5, 0.6) is 5.75 Å². The number of primary amides is 1. The average Bonchev–Trinajstić information content (AvgIpc) is 3.16. The smallest absolute Gasteiger partial charge is 0.248 e. The van der Waals surface area contributed by atoms with Crippen LogP contribution >= 0.6 is 11.6 Å². The molecule has 1 saturated heterocycles. The van der Waals surface area contributed by atoms with E-state index in [2.05, 4.69) is 18.1 Å². The monoisotopic (exact) mass is 655 g/mol. The fourth-order valence-corrected chi connectivity index (χ4v) is 10.6. The highest BCUT2D eigenvalue weighted by Crippen LogP contribution is 2.49. The SMILES string of the molecule is C=CC[C@@H]1COCCN1S(=O)(=O)C1CCc2cc(Cl)ccc2C12COc1ccc(C(N)=O)cc1N(C[C@@H]1CC[C@H]1[C@@H](O)C=C)C2. The quantitative estimate of drug-likeness (QED) is 0.391. The largest absolute Gasteiger partial charge is 0.490 e. The molecule has 2 aliphatic carbocycles. The number of carbonyl (C=O) groups is 1. The van der Waals surface area contributed by atoms with Gasteiger partial charge in [-0.2, -0.15) is 4.31 Å². The first-order chi connectivity index (χ1) is 21.6. The summed E-state index contributed by atoms with van der Waals surface area (Å²) >= 11 is 6.47. The van der Waals surface area contributed by atoms with Crippen molar-refractivity contribution in [2.75, 3.05) is 44.4 Å². The molecule has 45 heavy (non-hydrogen) atoms. The second-order valence-corrected chi connectivity index (χ2v) is 15.3. The first kappa shape index (κ1) is 32.1. The number of carbonyl (C=O) groups excluding carboxylic acids is 1. The fraction of sp³-hybridized carbons (Fsp3) is 0.500. The van der Waals surface area contributed by atoms with E-state index < -0.39 is 32.7 Å². The van der Waals surface area contributed by atoms with E-state index in [1.54, 1.807) is 34.7 Å². The predicted molar refractivity (Wildman–Crippen MR) is 175 cm³/mol. The van der Waals surface area contributed by atoms with Gasteiger partial charge < -0.3 is 25.2 Å². The molecule has 2 aliphatic heterocycles. The van der Waals surface area contributed by atoms with Gasteiger partial charge in [0.2, 0.25) is 15.9 Å². The summed E-state index contributed by atoms with van der Waals surface area (Å²) in [6.45, 7) is 9.56. The lowest BCUT2D eigenvalue weighted by molar-refractivity contribution is 0.0323. The number of aliphatic hydroxyl groups is 1. The van der Waals surface area contributed by atoms with Crippen molar-refractivity contribution >= 4 is 33.2 Å². The van der Waals surface area contributed by atoms with Gasteiger partial charge in [0.25, 0.3) is 0 Å². The average molecular weight is 656 g/mol. The van der Waals surface area contributed by atoms with Gasteiger partial charge >= 0.3 is 0 Å². The first-order valence-corrected chi connectivity index (χ1v) is 17.6. The van der Waals surface area contributed by atoms with E-state index in [9.17, 15) is 18.3 Å². The van der Waals surface area contributed by atoms with Gasteiger partial charge in [-0.05, 0) is 85.4 Å². The number of hydrogen-bond acceptors (Lipinski definition) is 7. The second kappa shape index (κ2) is 12.7. The zero-order valence-corrected chi connectivity index (χ0v) is 27.0. The summed E-state index contributed by atoms with van der Waals surface area (Å²) in [7, 11) is -3.88. The van der Waals surface area contributed by atoms with Crippen LogP contribution in [-0.2, 0) is 26.6 Å². The van der Waals surface area contributed by atoms with Crippen LogP contribution in [0, 0.1) is 11.8 Å². The minimum Gasteiger partial charge on any atom is -0.490 e. The molecule has 0 radical (unpaired) electrons. The second-order valence-electron chi connectivity index (χ2n) is 12.8. The number of nitrogens with two attached hydrogens (primary N) is 1. The lowest BCUT2D eigenvalue weighted by Crippen LogP contribution is -2.62. The van der Waals surface area contributed by atoms with Crippen molar-refractivity contribution in [2.24, 2.45) is 17.6 Å². The number of anilines is 1. The number of aliphatic hydroxyl groups excluding tert-OH is 1. The Morgan fingerprint density at radius 3 is 2.73 bits per heavy atom. The molecule has 0 aromatic heterocycles. The molecular weight excluding hydrogens is 614 g/mol. The molecule has 4 aliphatic rings. The van der Waals surface area contributed by atoms with E-state index in [0.717, 1.165) is 24.0 Å². The van der Waals surface area contributed by atoms with Crippen LogP contribution in [0.2, 0.25) is 5.02 Å². The van der Waals surface area contributed by atoms with Crippen LogP contribution in [0.25, 0.3) is 0 Å². The zero-order valence-electron chi connectivity index (χ0n) is 25.4. The summed E-state index contributed by atoms with van der Waals surface area (Å²) < 4.78 is 43.7. The standard InChI is InChI=1S/C34H42ClN3O6S/c1-3-5-26-19-43-15-14-38(26)45(41,42)32-13-8-22-16-25(35)9-11-28(22)34(32)20-37(18-24-6-10-27(24)30(39)4-2)29-17-23(33(36)40)7-12-31(29)44-21-34/h3-4,7,9,11-12,16-17,24,26-27,30,32,39H,1-2,5-6,8,10,13-15,18-21H2,(H2,36,40)/t24-,26+,27+,30-,32?,34?/m0/s1. The summed E-state index contributed by atoms with van der Waals surface area (Å²) in [5, 5.41) is 10.5. The summed E-state index contributed by atoms with van der Waals surface area (Å²) in [6, 6.07) is 10.5. The van der Waals surface area contributed by atoms with E-state index >= 15 is 0 Å². The number of halogens is 1. The summed E-state index contributed by atoms with van der Waals surface area (Å²) in [5.74, 6) is 0.178. The van der Waals surface area contributed by atoms with E-state index in [-0.39, 0.29) is 31.0 Å². The molecule has 3 N–H and O–H groups in total. The van der Waals surface area contributed by atoms with Gasteiger partial charge in [-0.25, -0.2) is 8.42 Å². The lowest BCUT2D eigenvalue weighted by Gasteiger charge is -2.49. The summed E-state index contributed by atoms with van der Waals surface area (Å²) in [5.41, 5.74) is 7.68. The minimum absolute atomic E-state index is 0.0374. The molecule has 2 heterocycles. The number of fused-ring (bicyclic) bond motifs is 3. The van der Waals surface area contributed by atoms with Crippen molar-refractivity contribution in [1.29, 1.82) is 0 Å². The van der Waals surface area contributed by atoms with Crippen LogP contribution < -0.4 is 15.4 Å². The Kier molecular flexibility index (Phi) is 9.06. The predicted octanol–water partition coefficient (Wildman–Crippen LogP) is 4.07. The van der Waals surface area contributed by atoms with E-state index in [4.69, 9.17) is 26.8 Å². The molecule has 11 heteroatoms. The molecule has 1 saturated carbocycles. The van der Waals surface area contributed by atoms with Crippen LogP contribution in [0.1, 0.15) is 47.2 Å². The Morgan fingerprint density at radius 2 is 2.02 bits per heavy atom. The Hall–Kier alpha value is -2.89. The van der Waals surface area contributed by atoms with Gasteiger partial charge in [-0.15, -0.1) is 13.2 Å². The van der Waals surface area contributed by atoms with Crippen molar-refractivity contribution in [3.63, 3.8) is 0 Å². The maximum Gasteiger partial charge on any atom is 0.248 e. The Labute approximate surface area is 270 Å². The lowest BCUT2D eigenvalue weighted by atomic mass is 9.68. The number of amides is 1. The molecule has 242 valence electrons. The van der Waals surface area contributed by atoms with Crippen LogP contribution in [0.4, 0.5) is 5.69 Å². The van der Waals surface area contributed by atoms with Gasteiger partial charge in [0.15, 0.2) is 0 Å². The molecular formula is C34H42ClN3O6S. The zero-order chi connectivity index (χ0) is 31.9. The normalized spacial score (nSPS) is 29.0. The third-order valence-electron chi connectivity index (χ3n) is 10.3. The summed E-state index contributed by atoms with van der Waals surface area (Å²) in [4.78, 5) is 14.4. The van der Waals surface area contributed by atoms with Gasteiger partial charge in [0, 0.05) is 30.2 Å². The number of benzene rings is 2. The summed E-state index contributed by atoms with van der Waals surface area (Å²) in [6.07, 6.45) is 5.93. The molecule has 6 rings (SSSR count). The highest BCUT2D eigenvalue weighted by atomic mass is 35.5. The van der Waals surface area contributed by atoms with Gasteiger partial charge in [-0.3, -0.25) is 4.79 Å². The molecule has 2 fully saturated rings. The van der Waals surface area contributed by atoms with Crippen LogP contribution in [0.15, 0.2) is 61.7 Å². The van der Waals surface area contributed by atoms with Crippen LogP contribution in [-0.4, -0.2) is 80.6 Å². The first-order valence-electron chi connectivity index (χ1n) is 15.7. The molecule has 9 nitrogen and oxygen atoms in total. The number of aryl methyl sites for hydroxylation is 1. The molecule has 2 unspecified atom stereocenters. The Morgan fingerprint density at radius 1 is 1.20 bits per heavy atom. The van der Waals surface area contributed by atoms with Crippen molar-refractivity contribution in [1.82, 2.24) is 4.31 Å². The van der Waals surface area contributed by atoms with E-state index in [1.807, 2.05) is 18.2 Å². The molecule has 1 spiro atoms. The minimum atomic E-state index is -3.88. The Bertz CT molecular complexity index is 1580. The number of rotatable bonds is 9. The van der Waals surface area contributed by atoms with E-state index in [1.165, 1.54) is 0 Å². The third kappa shape index (κ3) is 5.80. The highest BCUT2D eigenvalue weighted by Gasteiger charge is 2.56. The third-order valence-corrected chi connectivity index (χ3v) is 13.1. The number of hydrogen-bond donors (Lipinski definition) is 2.